The van der Waals surface area contributed by atoms with Gasteiger partial charge in [-0.05, 0) is 67.4 Å². The number of Topliss-reactive ketones (excluding diaryl/α,β-unsaturated/α-hetero) is 1. The number of aromatic nitrogens is 2. The van der Waals surface area contributed by atoms with E-state index in [1.807, 2.05) is 73.7 Å². The van der Waals surface area contributed by atoms with E-state index in [4.69, 9.17) is 9.72 Å². The molecule has 42 heavy (non-hydrogen) atoms. The molecule has 212 valence electrons. The highest BCUT2D eigenvalue weighted by atomic mass is 16.5. The number of carbonyl (C=O) groups excluding carboxylic acids is 2. The number of aryl methyl sites for hydroxylation is 2. The third-order valence-corrected chi connectivity index (χ3v) is 7.65. The number of benzene rings is 2. The van der Waals surface area contributed by atoms with Gasteiger partial charge < -0.3 is 24.3 Å². The number of piperazine rings is 1. The Morgan fingerprint density at radius 3 is 2.31 bits per heavy atom. The van der Waals surface area contributed by atoms with Gasteiger partial charge in [0.05, 0.1) is 12.8 Å². The van der Waals surface area contributed by atoms with Crippen LogP contribution < -0.4 is 19.9 Å². The van der Waals surface area contributed by atoms with E-state index >= 15 is 0 Å². The van der Waals surface area contributed by atoms with E-state index in [2.05, 4.69) is 34.2 Å². The predicted octanol–water partition coefficient (Wildman–Crippen LogP) is 5.77. The van der Waals surface area contributed by atoms with Crippen molar-refractivity contribution in [3.8, 4) is 16.9 Å². The van der Waals surface area contributed by atoms with Gasteiger partial charge in [0, 0.05) is 60.9 Å². The molecule has 0 radical (unpaired) electrons. The summed E-state index contributed by atoms with van der Waals surface area (Å²) in [6.45, 7) is 7.39. The second kappa shape index (κ2) is 11.4. The van der Waals surface area contributed by atoms with Gasteiger partial charge >= 0.3 is 0 Å². The van der Waals surface area contributed by atoms with Crippen LogP contribution in [0, 0.1) is 13.8 Å². The van der Waals surface area contributed by atoms with E-state index in [9.17, 15) is 9.59 Å². The first-order valence-corrected chi connectivity index (χ1v) is 14.1. The van der Waals surface area contributed by atoms with E-state index in [-0.39, 0.29) is 0 Å². The maximum atomic E-state index is 13.6. The van der Waals surface area contributed by atoms with Crippen LogP contribution in [0.5, 0.6) is 5.75 Å². The number of rotatable bonds is 7. The molecule has 1 amide bonds. The first kappa shape index (κ1) is 27.1. The lowest BCUT2D eigenvalue weighted by atomic mass is 10.0. The Morgan fingerprint density at radius 1 is 0.833 bits per heavy atom. The van der Waals surface area contributed by atoms with Crippen LogP contribution in [-0.4, -0.2) is 54.4 Å². The molecule has 1 aliphatic rings. The number of carbonyl (C=O) groups is 2. The van der Waals surface area contributed by atoms with Crippen molar-refractivity contribution in [1.82, 2.24) is 9.38 Å². The predicted molar refractivity (Wildman–Crippen MR) is 167 cm³/mol. The second-order valence-electron chi connectivity index (χ2n) is 10.6. The summed E-state index contributed by atoms with van der Waals surface area (Å²) in [5.41, 5.74) is 6.42. The molecule has 0 saturated carbocycles. The number of anilines is 3. The van der Waals surface area contributed by atoms with Crippen molar-refractivity contribution in [2.75, 3.05) is 48.4 Å². The molecule has 8 nitrogen and oxygen atoms in total. The molecule has 3 aromatic heterocycles. The van der Waals surface area contributed by atoms with E-state index in [0.717, 1.165) is 54.5 Å². The zero-order valence-electron chi connectivity index (χ0n) is 24.0. The molecule has 6 rings (SSSR count). The van der Waals surface area contributed by atoms with Crippen LogP contribution in [0.15, 0.2) is 91.1 Å². The van der Waals surface area contributed by atoms with Crippen LogP contribution in [-0.2, 0) is 4.79 Å². The minimum absolute atomic E-state index is 0.328. The highest BCUT2D eigenvalue weighted by Gasteiger charge is 2.26. The molecule has 1 saturated heterocycles. The zero-order chi connectivity index (χ0) is 29.2. The molecule has 8 heteroatoms. The van der Waals surface area contributed by atoms with Crippen LogP contribution in [0.3, 0.4) is 0 Å². The number of hydrogen-bond donors (Lipinski definition) is 1. The lowest BCUT2D eigenvalue weighted by molar-refractivity contribution is -0.112. The van der Waals surface area contributed by atoms with Gasteiger partial charge in [0.15, 0.2) is 0 Å². The average Bonchev–Trinajstić information content (AvgIpc) is 3.40. The number of nitrogens with zero attached hydrogens (tertiary/aromatic N) is 4. The van der Waals surface area contributed by atoms with Crippen molar-refractivity contribution in [2.24, 2.45) is 0 Å². The van der Waals surface area contributed by atoms with Crippen molar-refractivity contribution in [3.05, 3.63) is 108 Å². The molecule has 4 heterocycles. The molecule has 0 bridgehead atoms. The molecular formula is C34H33N5O3. The van der Waals surface area contributed by atoms with E-state index in [0.29, 0.717) is 22.7 Å². The SMILES string of the molecule is COc1cc(NC(=O)C(=O)c2c(-c3ccccc3)cc3ccccn23)ccc1N1CCN(c2cc(C)cc(C)n2)CC1. The summed E-state index contributed by atoms with van der Waals surface area (Å²) < 4.78 is 7.49. The van der Waals surface area contributed by atoms with E-state index < -0.39 is 11.7 Å². The van der Waals surface area contributed by atoms with Crippen LogP contribution >= 0.6 is 0 Å². The normalized spacial score (nSPS) is 13.3. The summed E-state index contributed by atoms with van der Waals surface area (Å²) in [4.78, 5) is 36.2. The maximum absolute atomic E-state index is 13.6. The van der Waals surface area contributed by atoms with Crippen LogP contribution in [0.25, 0.3) is 16.6 Å². The molecule has 0 atom stereocenters. The summed E-state index contributed by atoms with van der Waals surface area (Å²) in [5, 5.41) is 2.80. The lowest BCUT2D eigenvalue weighted by Gasteiger charge is -2.37. The molecule has 0 spiro atoms. The minimum Gasteiger partial charge on any atom is -0.495 e. The largest absolute Gasteiger partial charge is 0.495 e. The highest BCUT2D eigenvalue weighted by Crippen LogP contribution is 2.33. The van der Waals surface area contributed by atoms with E-state index in [1.165, 1.54) is 5.56 Å². The molecular weight excluding hydrogens is 526 g/mol. The molecule has 2 aromatic carbocycles. The number of ether oxygens (including phenoxy) is 1. The highest BCUT2D eigenvalue weighted by molar-refractivity contribution is 6.47. The number of amides is 1. The molecule has 5 aromatic rings. The smallest absolute Gasteiger partial charge is 0.298 e. The molecule has 1 aliphatic heterocycles. The number of methoxy groups -OCH3 is 1. The summed E-state index contributed by atoms with van der Waals surface area (Å²) in [6, 6.07) is 27.0. The molecule has 0 unspecified atom stereocenters. The monoisotopic (exact) mass is 559 g/mol. The third kappa shape index (κ3) is 5.31. The second-order valence-corrected chi connectivity index (χ2v) is 10.6. The zero-order valence-corrected chi connectivity index (χ0v) is 24.0. The van der Waals surface area contributed by atoms with Crippen LogP contribution in [0.4, 0.5) is 17.2 Å². The number of ketones is 1. The Balaban J connectivity index is 1.20. The summed E-state index contributed by atoms with van der Waals surface area (Å²) in [5.74, 6) is 0.323. The third-order valence-electron chi connectivity index (χ3n) is 7.65. The first-order chi connectivity index (χ1) is 20.4. The summed E-state index contributed by atoms with van der Waals surface area (Å²) in [7, 11) is 1.62. The van der Waals surface area contributed by atoms with Crippen molar-refractivity contribution < 1.29 is 14.3 Å². The topological polar surface area (TPSA) is 79.2 Å². The number of fused-ring (bicyclic) bond motifs is 1. The van der Waals surface area contributed by atoms with Gasteiger partial charge in [-0.3, -0.25) is 9.59 Å². The molecule has 0 aliphatic carbocycles. The minimum atomic E-state index is -0.708. The fourth-order valence-electron chi connectivity index (χ4n) is 5.66. The standard InChI is InChI=1S/C34H33N5O3/c1-23-19-24(2)35-31(20-23)38-17-15-37(16-18-38)29-13-12-26(21-30(29)42-3)36-34(41)33(40)32-28(25-9-5-4-6-10-25)22-27-11-7-8-14-39(27)32/h4-14,19-22H,15-18H2,1-3H3,(H,36,41). The van der Waals surface area contributed by atoms with Crippen molar-refractivity contribution >= 4 is 34.4 Å². The van der Waals surface area contributed by atoms with Gasteiger partial charge in [-0.25, -0.2) is 4.98 Å². The first-order valence-electron chi connectivity index (χ1n) is 14.1. The lowest BCUT2D eigenvalue weighted by Crippen LogP contribution is -2.47. The van der Waals surface area contributed by atoms with Gasteiger partial charge in [-0.15, -0.1) is 0 Å². The van der Waals surface area contributed by atoms with Crippen LogP contribution in [0.1, 0.15) is 21.7 Å². The number of nitrogens with one attached hydrogen (secondary N) is 1. The average molecular weight is 560 g/mol. The Hall–Kier alpha value is -5.11. The Kier molecular flexibility index (Phi) is 7.35. The fourth-order valence-corrected chi connectivity index (χ4v) is 5.66. The summed E-state index contributed by atoms with van der Waals surface area (Å²) in [6.07, 6.45) is 1.80. The quantitative estimate of drug-likeness (QED) is 0.201. The number of hydrogen-bond acceptors (Lipinski definition) is 6. The van der Waals surface area contributed by atoms with Crippen molar-refractivity contribution in [2.45, 2.75) is 13.8 Å². The van der Waals surface area contributed by atoms with Gasteiger partial charge in [-0.2, -0.15) is 0 Å². The Morgan fingerprint density at radius 2 is 1.57 bits per heavy atom. The molecule has 1 N–H and O–H groups in total. The summed E-state index contributed by atoms with van der Waals surface area (Å²) >= 11 is 0. The van der Waals surface area contributed by atoms with Gasteiger partial charge in [0.25, 0.3) is 11.7 Å². The maximum Gasteiger partial charge on any atom is 0.298 e. The van der Waals surface area contributed by atoms with Crippen molar-refractivity contribution in [3.63, 3.8) is 0 Å². The fraction of sp³-hybridized carbons (Fsp3) is 0.206. The van der Waals surface area contributed by atoms with E-state index in [1.54, 1.807) is 23.8 Å². The van der Waals surface area contributed by atoms with Gasteiger partial charge in [0.2, 0.25) is 0 Å². The van der Waals surface area contributed by atoms with Crippen molar-refractivity contribution in [1.29, 1.82) is 0 Å². The Bertz CT molecular complexity index is 1750. The Labute approximate surface area is 245 Å². The number of pyridine rings is 2. The van der Waals surface area contributed by atoms with Gasteiger partial charge in [0.1, 0.15) is 17.3 Å². The molecule has 1 fully saturated rings. The van der Waals surface area contributed by atoms with Gasteiger partial charge in [-0.1, -0.05) is 36.4 Å². The van der Waals surface area contributed by atoms with Crippen LogP contribution in [0.2, 0.25) is 0 Å².